The average molecular weight is 202 g/mol. The summed E-state index contributed by atoms with van der Waals surface area (Å²) in [6.07, 6.45) is 4.37. The van der Waals surface area contributed by atoms with E-state index < -0.39 is 0 Å². The lowest BCUT2D eigenvalue weighted by atomic mass is 9.91. The molecule has 0 aromatic heterocycles. The smallest absolute Gasteiger partial charge is 0.168 e. The summed E-state index contributed by atoms with van der Waals surface area (Å²) in [4.78, 5) is 0. The molecule has 0 N–H and O–H groups in total. The van der Waals surface area contributed by atoms with Crippen LogP contribution in [0.25, 0.3) is 0 Å². The van der Waals surface area contributed by atoms with Crippen LogP contribution in [0.5, 0.6) is 0 Å². The number of ether oxygens (including phenoxy) is 3. The molecule has 0 heterocycles. The van der Waals surface area contributed by atoms with Gasteiger partial charge in [0.15, 0.2) is 5.79 Å². The van der Waals surface area contributed by atoms with Gasteiger partial charge in [0.05, 0.1) is 6.10 Å². The SMILES string of the molecule is CCOC1(OCC)CCC(OC)CC1. The number of rotatable bonds is 5. The van der Waals surface area contributed by atoms with Gasteiger partial charge in [-0.05, 0) is 26.7 Å². The lowest BCUT2D eigenvalue weighted by Gasteiger charge is -2.38. The van der Waals surface area contributed by atoms with Gasteiger partial charge in [-0.1, -0.05) is 0 Å². The molecule has 3 nitrogen and oxygen atoms in total. The summed E-state index contributed by atoms with van der Waals surface area (Å²) in [5, 5.41) is 0. The van der Waals surface area contributed by atoms with Crippen LogP contribution in [0, 0.1) is 0 Å². The molecule has 84 valence electrons. The highest BCUT2D eigenvalue weighted by atomic mass is 16.7. The molecular formula is C11H22O3. The summed E-state index contributed by atoms with van der Waals surface area (Å²) < 4.78 is 16.8. The quantitative estimate of drug-likeness (QED) is 0.640. The Morgan fingerprint density at radius 3 is 1.93 bits per heavy atom. The normalized spacial score (nSPS) is 22.5. The van der Waals surface area contributed by atoms with Gasteiger partial charge in [0, 0.05) is 33.2 Å². The van der Waals surface area contributed by atoms with E-state index in [1.807, 2.05) is 13.8 Å². The standard InChI is InChI=1S/C11H22O3/c1-4-13-11(14-5-2)8-6-10(12-3)7-9-11/h10H,4-9H2,1-3H3. The van der Waals surface area contributed by atoms with Gasteiger partial charge in [0.25, 0.3) is 0 Å². The first-order chi connectivity index (χ1) is 6.76. The van der Waals surface area contributed by atoms with Gasteiger partial charge in [-0.25, -0.2) is 0 Å². The summed E-state index contributed by atoms with van der Waals surface area (Å²) in [7, 11) is 1.78. The second kappa shape index (κ2) is 5.69. The number of hydrogen-bond acceptors (Lipinski definition) is 3. The van der Waals surface area contributed by atoms with Crippen LogP contribution in [0.3, 0.4) is 0 Å². The maximum absolute atomic E-state index is 5.73. The van der Waals surface area contributed by atoms with E-state index >= 15 is 0 Å². The van der Waals surface area contributed by atoms with Crippen molar-refractivity contribution in [1.29, 1.82) is 0 Å². The minimum Gasteiger partial charge on any atom is -0.381 e. The van der Waals surface area contributed by atoms with Crippen molar-refractivity contribution in [2.75, 3.05) is 20.3 Å². The van der Waals surface area contributed by atoms with Crippen LogP contribution in [0.2, 0.25) is 0 Å². The van der Waals surface area contributed by atoms with Crippen molar-refractivity contribution >= 4 is 0 Å². The van der Waals surface area contributed by atoms with Crippen molar-refractivity contribution in [2.45, 2.75) is 51.4 Å². The summed E-state index contributed by atoms with van der Waals surface area (Å²) in [5.41, 5.74) is 0. The fraction of sp³-hybridized carbons (Fsp3) is 1.00. The Kier molecular flexibility index (Phi) is 4.85. The first-order valence-electron chi connectivity index (χ1n) is 5.57. The van der Waals surface area contributed by atoms with Gasteiger partial charge in [-0.2, -0.15) is 0 Å². The molecule has 0 bridgehead atoms. The van der Waals surface area contributed by atoms with Gasteiger partial charge in [-0.3, -0.25) is 0 Å². The van der Waals surface area contributed by atoms with Crippen molar-refractivity contribution < 1.29 is 14.2 Å². The fourth-order valence-corrected chi connectivity index (χ4v) is 2.12. The lowest BCUT2D eigenvalue weighted by molar-refractivity contribution is -0.255. The van der Waals surface area contributed by atoms with Crippen molar-refractivity contribution in [3.8, 4) is 0 Å². The van der Waals surface area contributed by atoms with E-state index in [0.717, 1.165) is 38.9 Å². The molecule has 1 aliphatic rings. The molecule has 1 aliphatic carbocycles. The van der Waals surface area contributed by atoms with E-state index in [-0.39, 0.29) is 5.79 Å². The molecular weight excluding hydrogens is 180 g/mol. The monoisotopic (exact) mass is 202 g/mol. The molecule has 1 rings (SSSR count). The molecule has 0 saturated heterocycles. The van der Waals surface area contributed by atoms with Gasteiger partial charge in [0.1, 0.15) is 0 Å². The first-order valence-corrected chi connectivity index (χ1v) is 5.57. The second-order valence-electron chi connectivity index (χ2n) is 3.71. The van der Waals surface area contributed by atoms with Crippen LogP contribution >= 0.6 is 0 Å². The Hall–Kier alpha value is -0.120. The van der Waals surface area contributed by atoms with Gasteiger partial charge in [0.2, 0.25) is 0 Å². The molecule has 0 aromatic rings. The molecule has 0 radical (unpaired) electrons. The van der Waals surface area contributed by atoms with Crippen LogP contribution in [0.4, 0.5) is 0 Å². The zero-order valence-electron chi connectivity index (χ0n) is 9.54. The Bertz CT molecular complexity index is 143. The zero-order chi connectivity index (χ0) is 10.4. The Morgan fingerprint density at radius 2 is 1.57 bits per heavy atom. The molecule has 3 heteroatoms. The first kappa shape index (κ1) is 12.0. The molecule has 1 fully saturated rings. The lowest BCUT2D eigenvalue weighted by Crippen LogP contribution is -2.41. The number of hydrogen-bond donors (Lipinski definition) is 0. The molecule has 0 amide bonds. The van der Waals surface area contributed by atoms with Crippen LogP contribution < -0.4 is 0 Å². The molecule has 0 unspecified atom stereocenters. The molecule has 0 aliphatic heterocycles. The summed E-state index contributed by atoms with van der Waals surface area (Å²) >= 11 is 0. The minimum atomic E-state index is -0.321. The van der Waals surface area contributed by atoms with E-state index in [0.29, 0.717) is 6.10 Å². The van der Waals surface area contributed by atoms with Crippen LogP contribution in [0.1, 0.15) is 39.5 Å². The molecule has 0 atom stereocenters. The topological polar surface area (TPSA) is 27.7 Å². The van der Waals surface area contributed by atoms with E-state index in [2.05, 4.69) is 0 Å². The highest BCUT2D eigenvalue weighted by Gasteiger charge is 2.36. The predicted octanol–water partition coefficient (Wildman–Crippen LogP) is 2.34. The molecule has 14 heavy (non-hydrogen) atoms. The van der Waals surface area contributed by atoms with E-state index in [1.54, 1.807) is 7.11 Å². The van der Waals surface area contributed by atoms with Crippen molar-refractivity contribution in [2.24, 2.45) is 0 Å². The Labute approximate surface area is 86.7 Å². The predicted molar refractivity (Wildman–Crippen MR) is 55.2 cm³/mol. The highest BCUT2D eigenvalue weighted by Crippen LogP contribution is 2.33. The van der Waals surface area contributed by atoms with E-state index in [9.17, 15) is 0 Å². The third-order valence-corrected chi connectivity index (χ3v) is 2.84. The zero-order valence-corrected chi connectivity index (χ0v) is 9.54. The van der Waals surface area contributed by atoms with E-state index in [1.165, 1.54) is 0 Å². The summed E-state index contributed by atoms with van der Waals surface area (Å²) in [6, 6.07) is 0. The van der Waals surface area contributed by atoms with Crippen LogP contribution in [-0.4, -0.2) is 32.2 Å². The second-order valence-corrected chi connectivity index (χ2v) is 3.71. The highest BCUT2D eigenvalue weighted by molar-refractivity contribution is 4.80. The summed E-state index contributed by atoms with van der Waals surface area (Å²) in [5.74, 6) is -0.321. The maximum atomic E-state index is 5.73. The third-order valence-electron chi connectivity index (χ3n) is 2.84. The summed E-state index contributed by atoms with van der Waals surface area (Å²) in [6.45, 7) is 5.47. The van der Waals surface area contributed by atoms with Gasteiger partial charge >= 0.3 is 0 Å². The minimum absolute atomic E-state index is 0.321. The van der Waals surface area contributed by atoms with Gasteiger partial charge < -0.3 is 14.2 Å². The fourth-order valence-electron chi connectivity index (χ4n) is 2.12. The number of methoxy groups -OCH3 is 1. The largest absolute Gasteiger partial charge is 0.381 e. The van der Waals surface area contributed by atoms with E-state index in [4.69, 9.17) is 14.2 Å². The van der Waals surface area contributed by atoms with Crippen LogP contribution in [0.15, 0.2) is 0 Å². The Balaban J connectivity index is 2.45. The van der Waals surface area contributed by atoms with Crippen molar-refractivity contribution in [3.63, 3.8) is 0 Å². The van der Waals surface area contributed by atoms with Gasteiger partial charge in [-0.15, -0.1) is 0 Å². The molecule has 0 spiro atoms. The molecule has 1 saturated carbocycles. The Morgan fingerprint density at radius 1 is 1.07 bits per heavy atom. The molecule has 0 aromatic carbocycles. The third kappa shape index (κ3) is 2.94. The maximum Gasteiger partial charge on any atom is 0.168 e. The van der Waals surface area contributed by atoms with Crippen molar-refractivity contribution in [1.82, 2.24) is 0 Å². The van der Waals surface area contributed by atoms with Crippen molar-refractivity contribution in [3.05, 3.63) is 0 Å². The average Bonchev–Trinajstić information content (AvgIpc) is 2.20. The van der Waals surface area contributed by atoms with Crippen LogP contribution in [-0.2, 0) is 14.2 Å².